The molecular formula is C11H14O3S. The summed E-state index contributed by atoms with van der Waals surface area (Å²) in [5.41, 5.74) is 0. The smallest absolute Gasteiger partial charge is 0.314 e. The van der Waals surface area contributed by atoms with Gasteiger partial charge in [0.25, 0.3) is 0 Å². The Balaban J connectivity index is 2.76. The Morgan fingerprint density at radius 1 is 1.47 bits per heavy atom. The number of thiophene rings is 1. The number of Topliss-reactive ketones (excluding diaryl/α,β-unsaturated/α-hetero) is 1. The molecular weight excluding hydrogens is 212 g/mol. The monoisotopic (exact) mass is 226 g/mol. The summed E-state index contributed by atoms with van der Waals surface area (Å²) >= 11 is 1.48. The molecule has 0 amide bonds. The molecule has 4 heteroatoms. The van der Waals surface area contributed by atoms with Crippen LogP contribution in [-0.2, 0) is 16.0 Å². The van der Waals surface area contributed by atoms with E-state index in [9.17, 15) is 9.59 Å². The van der Waals surface area contributed by atoms with Crippen molar-refractivity contribution in [3.63, 3.8) is 0 Å². The van der Waals surface area contributed by atoms with E-state index in [1.807, 2.05) is 17.5 Å². The molecule has 0 aliphatic rings. The summed E-state index contributed by atoms with van der Waals surface area (Å²) in [5.74, 6) is -2.35. The minimum atomic E-state index is -1.03. The Hall–Kier alpha value is -1.16. The molecule has 0 spiro atoms. The molecule has 3 nitrogen and oxygen atoms in total. The molecule has 1 N–H and O–H groups in total. The molecule has 0 aromatic carbocycles. The van der Waals surface area contributed by atoms with Crippen LogP contribution in [0.15, 0.2) is 17.5 Å². The number of aliphatic carboxylic acids is 1. The van der Waals surface area contributed by atoms with Crippen LogP contribution < -0.4 is 0 Å². The van der Waals surface area contributed by atoms with Crippen LogP contribution in [0.4, 0.5) is 0 Å². The zero-order valence-electron chi connectivity index (χ0n) is 8.77. The third-order valence-electron chi connectivity index (χ3n) is 2.20. The highest BCUT2D eigenvalue weighted by molar-refractivity contribution is 7.09. The summed E-state index contributed by atoms with van der Waals surface area (Å²) in [5, 5.41) is 10.9. The molecule has 1 heterocycles. The zero-order chi connectivity index (χ0) is 11.4. The number of rotatable bonds is 5. The van der Waals surface area contributed by atoms with Gasteiger partial charge in [-0.15, -0.1) is 11.3 Å². The van der Waals surface area contributed by atoms with Gasteiger partial charge in [0.05, 0.1) is 0 Å². The molecule has 0 aliphatic heterocycles. The highest BCUT2D eigenvalue weighted by Gasteiger charge is 2.28. The first-order valence-corrected chi connectivity index (χ1v) is 5.69. The van der Waals surface area contributed by atoms with Gasteiger partial charge in [0.2, 0.25) is 0 Å². The first-order valence-electron chi connectivity index (χ1n) is 4.81. The molecule has 1 atom stereocenters. The molecule has 0 fully saturated rings. The van der Waals surface area contributed by atoms with Crippen LogP contribution in [0.25, 0.3) is 0 Å². The molecule has 0 bridgehead atoms. The largest absolute Gasteiger partial charge is 0.481 e. The van der Waals surface area contributed by atoms with E-state index in [2.05, 4.69) is 0 Å². The number of hydrogen-bond donors (Lipinski definition) is 1. The maximum atomic E-state index is 11.6. The number of carboxylic acids is 1. The van der Waals surface area contributed by atoms with Crippen molar-refractivity contribution >= 4 is 23.1 Å². The van der Waals surface area contributed by atoms with Gasteiger partial charge in [-0.2, -0.15) is 0 Å². The Morgan fingerprint density at radius 2 is 2.13 bits per heavy atom. The number of carbonyl (C=O) groups is 2. The molecule has 1 aromatic rings. The summed E-state index contributed by atoms with van der Waals surface area (Å²) in [6.45, 7) is 3.46. The van der Waals surface area contributed by atoms with E-state index in [0.717, 1.165) is 4.88 Å². The number of carboxylic acid groups (broad SMARTS) is 1. The van der Waals surface area contributed by atoms with Crippen LogP contribution in [0.1, 0.15) is 18.7 Å². The fourth-order valence-electron chi connectivity index (χ4n) is 1.34. The second-order valence-electron chi connectivity index (χ2n) is 3.73. The van der Waals surface area contributed by atoms with E-state index in [-0.39, 0.29) is 11.7 Å². The van der Waals surface area contributed by atoms with Gasteiger partial charge in [0.15, 0.2) is 0 Å². The predicted molar refractivity (Wildman–Crippen MR) is 59.0 cm³/mol. The van der Waals surface area contributed by atoms with Gasteiger partial charge in [0.1, 0.15) is 11.7 Å². The van der Waals surface area contributed by atoms with Crippen LogP contribution in [0.2, 0.25) is 0 Å². The van der Waals surface area contributed by atoms with E-state index in [4.69, 9.17) is 5.11 Å². The third-order valence-corrected chi connectivity index (χ3v) is 3.09. The van der Waals surface area contributed by atoms with Crippen molar-refractivity contribution in [2.24, 2.45) is 11.8 Å². The van der Waals surface area contributed by atoms with Gasteiger partial charge < -0.3 is 5.11 Å². The Bertz CT molecular complexity index is 341. The van der Waals surface area contributed by atoms with Crippen molar-refractivity contribution in [2.75, 3.05) is 0 Å². The van der Waals surface area contributed by atoms with Crippen LogP contribution in [0, 0.1) is 11.8 Å². The Morgan fingerprint density at radius 3 is 2.53 bits per heavy atom. The van der Waals surface area contributed by atoms with E-state index >= 15 is 0 Å². The van der Waals surface area contributed by atoms with E-state index < -0.39 is 11.9 Å². The molecule has 82 valence electrons. The highest BCUT2D eigenvalue weighted by Crippen LogP contribution is 2.18. The lowest BCUT2D eigenvalue weighted by atomic mass is 9.92. The Labute approximate surface area is 92.7 Å². The minimum Gasteiger partial charge on any atom is -0.481 e. The topological polar surface area (TPSA) is 54.4 Å². The number of hydrogen-bond acceptors (Lipinski definition) is 3. The second-order valence-corrected chi connectivity index (χ2v) is 4.76. The maximum absolute atomic E-state index is 11.6. The summed E-state index contributed by atoms with van der Waals surface area (Å²) in [6, 6.07) is 3.72. The van der Waals surface area contributed by atoms with Gasteiger partial charge >= 0.3 is 5.97 Å². The summed E-state index contributed by atoms with van der Waals surface area (Å²) < 4.78 is 0. The van der Waals surface area contributed by atoms with Crippen molar-refractivity contribution in [2.45, 2.75) is 20.3 Å². The van der Waals surface area contributed by atoms with Crippen LogP contribution in [-0.4, -0.2) is 16.9 Å². The lowest BCUT2D eigenvalue weighted by molar-refractivity contribution is -0.147. The third kappa shape index (κ3) is 3.16. The molecule has 1 aromatic heterocycles. The summed E-state index contributed by atoms with van der Waals surface area (Å²) in [6.07, 6.45) is 0.310. The van der Waals surface area contributed by atoms with Gasteiger partial charge in [0, 0.05) is 17.2 Å². The fraction of sp³-hybridized carbons (Fsp3) is 0.455. The van der Waals surface area contributed by atoms with Crippen LogP contribution in [0.3, 0.4) is 0 Å². The SMILES string of the molecule is CC(C)C(=O)C(Cc1cccs1)C(=O)O. The quantitative estimate of drug-likeness (QED) is 0.783. The molecule has 0 radical (unpaired) electrons. The van der Waals surface area contributed by atoms with Gasteiger partial charge in [-0.3, -0.25) is 9.59 Å². The molecule has 1 rings (SSSR count). The van der Waals surface area contributed by atoms with Gasteiger partial charge in [-0.05, 0) is 11.4 Å². The standard InChI is InChI=1S/C11H14O3S/c1-7(2)10(12)9(11(13)14)6-8-4-3-5-15-8/h3-5,7,9H,6H2,1-2H3,(H,13,14). The first kappa shape index (κ1) is 11.9. The second kappa shape index (κ2) is 5.07. The van der Waals surface area contributed by atoms with Crippen molar-refractivity contribution < 1.29 is 14.7 Å². The minimum absolute atomic E-state index is 0.198. The lowest BCUT2D eigenvalue weighted by Crippen LogP contribution is -2.29. The van der Waals surface area contributed by atoms with Gasteiger partial charge in [-0.1, -0.05) is 19.9 Å². The predicted octanol–water partition coefficient (Wildman–Crippen LogP) is 2.22. The van der Waals surface area contributed by atoms with E-state index in [0.29, 0.717) is 6.42 Å². The highest BCUT2D eigenvalue weighted by atomic mass is 32.1. The first-order chi connectivity index (χ1) is 7.02. The average Bonchev–Trinajstić information content (AvgIpc) is 2.64. The molecule has 0 aliphatic carbocycles. The lowest BCUT2D eigenvalue weighted by Gasteiger charge is -2.12. The van der Waals surface area contributed by atoms with Crippen molar-refractivity contribution in [3.05, 3.63) is 22.4 Å². The van der Waals surface area contributed by atoms with Crippen LogP contribution in [0.5, 0.6) is 0 Å². The molecule has 15 heavy (non-hydrogen) atoms. The van der Waals surface area contributed by atoms with E-state index in [1.54, 1.807) is 13.8 Å². The van der Waals surface area contributed by atoms with Gasteiger partial charge in [-0.25, -0.2) is 0 Å². The van der Waals surface area contributed by atoms with Crippen molar-refractivity contribution in [3.8, 4) is 0 Å². The number of ketones is 1. The molecule has 0 saturated heterocycles. The normalized spacial score (nSPS) is 12.7. The summed E-state index contributed by atoms with van der Waals surface area (Å²) in [7, 11) is 0. The maximum Gasteiger partial charge on any atom is 0.314 e. The zero-order valence-corrected chi connectivity index (χ0v) is 9.58. The fourth-order valence-corrected chi connectivity index (χ4v) is 2.09. The van der Waals surface area contributed by atoms with Crippen molar-refractivity contribution in [1.29, 1.82) is 0 Å². The molecule has 1 unspecified atom stereocenters. The average molecular weight is 226 g/mol. The number of carbonyl (C=O) groups excluding carboxylic acids is 1. The Kier molecular flexibility index (Phi) is 4.03. The van der Waals surface area contributed by atoms with E-state index in [1.165, 1.54) is 11.3 Å². The van der Waals surface area contributed by atoms with Crippen molar-refractivity contribution in [1.82, 2.24) is 0 Å². The summed E-state index contributed by atoms with van der Waals surface area (Å²) in [4.78, 5) is 23.5. The van der Waals surface area contributed by atoms with Crippen LogP contribution >= 0.6 is 11.3 Å². The molecule has 0 saturated carbocycles.